The molecule has 0 heterocycles. The number of nitrogens with one attached hydrogen (secondary N) is 1. The normalized spacial score (nSPS) is 12.0. The third-order valence-electron chi connectivity index (χ3n) is 1.10. The van der Waals surface area contributed by atoms with Gasteiger partial charge in [-0.15, -0.1) is 0 Å². The standard InChI is InChI=1S/C6H16ClN2/c1-9(2,3)6-4-5-8-7/h8H,4-6H2,1-3H3/q+1. The molecule has 1 N–H and O–H groups in total. The molecule has 9 heavy (non-hydrogen) atoms. The Labute approximate surface area is 62.5 Å². The first-order chi connectivity index (χ1) is 4.06. The summed E-state index contributed by atoms with van der Waals surface area (Å²) in [6, 6.07) is 0. The van der Waals surface area contributed by atoms with Gasteiger partial charge in [0.1, 0.15) is 0 Å². The molecule has 0 spiro atoms. The Morgan fingerprint density at radius 1 is 1.33 bits per heavy atom. The van der Waals surface area contributed by atoms with Crippen LogP contribution in [0.5, 0.6) is 0 Å². The van der Waals surface area contributed by atoms with Gasteiger partial charge in [-0.1, -0.05) is 0 Å². The summed E-state index contributed by atoms with van der Waals surface area (Å²) in [6.45, 7) is 2.07. The van der Waals surface area contributed by atoms with Gasteiger partial charge in [0.05, 0.1) is 27.7 Å². The Bertz CT molecular complexity index is 67.9. The van der Waals surface area contributed by atoms with E-state index in [-0.39, 0.29) is 0 Å². The van der Waals surface area contributed by atoms with Crippen molar-refractivity contribution in [2.24, 2.45) is 0 Å². The van der Waals surface area contributed by atoms with E-state index in [1.54, 1.807) is 0 Å². The highest BCUT2D eigenvalue weighted by molar-refractivity contribution is 6.13. The molecule has 2 nitrogen and oxygen atoms in total. The summed E-state index contributed by atoms with van der Waals surface area (Å²) in [5.74, 6) is 0. The van der Waals surface area contributed by atoms with Crippen LogP contribution >= 0.6 is 11.8 Å². The predicted molar refractivity (Wildman–Crippen MR) is 41.4 cm³/mol. The van der Waals surface area contributed by atoms with Crippen molar-refractivity contribution >= 4 is 11.8 Å². The number of hydrogen-bond donors (Lipinski definition) is 1. The SMILES string of the molecule is C[N+](C)(C)CCCNCl. The van der Waals surface area contributed by atoms with Crippen molar-refractivity contribution in [3.63, 3.8) is 0 Å². The van der Waals surface area contributed by atoms with Gasteiger partial charge in [-0.25, -0.2) is 4.84 Å². The van der Waals surface area contributed by atoms with Gasteiger partial charge >= 0.3 is 0 Å². The van der Waals surface area contributed by atoms with Crippen LogP contribution in [0.1, 0.15) is 6.42 Å². The molecule has 0 aliphatic rings. The first-order valence-electron chi connectivity index (χ1n) is 3.20. The molecule has 0 aromatic rings. The maximum atomic E-state index is 5.27. The number of hydrogen-bond acceptors (Lipinski definition) is 1. The van der Waals surface area contributed by atoms with E-state index in [0.717, 1.165) is 17.4 Å². The van der Waals surface area contributed by atoms with E-state index >= 15 is 0 Å². The van der Waals surface area contributed by atoms with Crippen LogP contribution < -0.4 is 4.84 Å². The molecule has 0 unspecified atom stereocenters. The average Bonchev–Trinajstić information content (AvgIpc) is 1.63. The third kappa shape index (κ3) is 8.21. The van der Waals surface area contributed by atoms with E-state index in [9.17, 15) is 0 Å². The molecule has 3 heteroatoms. The molecule has 0 fully saturated rings. The molecule has 0 aromatic carbocycles. The van der Waals surface area contributed by atoms with Gasteiger partial charge in [-0.3, -0.25) is 0 Å². The lowest BCUT2D eigenvalue weighted by Crippen LogP contribution is -2.36. The van der Waals surface area contributed by atoms with Crippen LogP contribution in [0, 0.1) is 0 Å². The second kappa shape index (κ2) is 4.09. The summed E-state index contributed by atoms with van der Waals surface area (Å²) in [7, 11) is 6.52. The van der Waals surface area contributed by atoms with Crippen LogP contribution in [-0.2, 0) is 0 Å². The van der Waals surface area contributed by atoms with E-state index in [1.807, 2.05) is 0 Å². The highest BCUT2D eigenvalue weighted by Gasteiger charge is 2.03. The van der Waals surface area contributed by atoms with Gasteiger partial charge in [0, 0.05) is 13.0 Å². The average molecular weight is 152 g/mol. The largest absolute Gasteiger partial charge is 0.331 e. The Hall–Kier alpha value is 0.210. The smallest absolute Gasteiger partial charge is 0.0793 e. The Balaban J connectivity index is 3.07. The molecule has 0 saturated heterocycles. The fourth-order valence-corrected chi connectivity index (χ4v) is 0.754. The zero-order valence-electron chi connectivity index (χ0n) is 6.45. The second-order valence-electron chi connectivity index (χ2n) is 3.25. The van der Waals surface area contributed by atoms with Crippen molar-refractivity contribution in [3.05, 3.63) is 0 Å². The van der Waals surface area contributed by atoms with Crippen LogP contribution in [0.15, 0.2) is 0 Å². The molecule has 0 saturated carbocycles. The van der Waals surface area contributed by atoms with Gasteiger partial charge < -0.3 is 4.48 Å². The van der Waals surface area contributed by atoms with E-state index in [4.69, 9.17) is 11.8 Å². The predicted octanol–water partition coefficient (Wildman–Crippen LogP) is 0.826. The van der Waals surface area contributed by atoms with Crippen molar-refractivity contribution in [1.29, 1.82) is 0 Å². The summed E-state index contributed by atoms with van der Waals surface area (Å²) in [6.07, 6.45) is 1.13. The summed E-state index contributed by atoms with van der Waals surface area (Å²) < 4.78 is 1.01. The van der Waals surface area contributed by atoms with Gasteiger partial charge in [-0.05, 0) is 11.8 Å². The van der Waals surface area contributed by atoms with Crippen molar-refractivity contribution in [3.8, 4) is 0 Å². The molecule has 0 rings (SSSR count). The summed E-state index contributed by atoms with van der Waals surface area (Å²) in [5, 5.41) is 0. The van der Waals surface area contributed by atoms with Gasteiger partial charge in [0.2, 0.25) is 0 Å². The van der Waals surface area contributed by atoms with Crippen molar-refractivity contribution in [1.82, 2.24) is 4.84 Å². The lowest BCUT2D eigenvalue weighted by Gasteiger charge is -2.23. The molecular weight excluding hydrogens is 136 g/mol. The monoisotopic (exact) mass is 151 g/mol. The molecule has 0 aliphatic heterocycles. The lowest BCUT2D eigenvalue weighted by atomic mass is 10.4. The number of rotatable bonds is 4. The van der Waals surface area contributed by atoms with E-state index in [1.165, 1.54) is 6.54 Å². The molecule has 0 aliphatic carbocycles. The van der Waals surface area contributed by atoms with Crippen LogP contribution in [0.25, 0.3) is 0 Å². The highest BCUT2D eigenvalue weighted by atomic mass is 35.5. The van der Waals surface area contributed by atoms with Crippen molar-refractivity contribution in [2.45, 2.75) is 6.42 Å². The third-order valence-corrected chi connectivity index (χ3v) is 1.29. The van der Waals surface area contributed by atoms with Gasteiger partial charge in [0.15, 0.2) is 0 Å². The van der Waals surface area contributed by atoms with Crippen LogP contribution in [-0.4, -0.2) is 38.7 Å². The fraction of sp³-hybridized carbons (Fsp3) is 1.00. The first kappa shape index (κ1) is 9.21. The topological polar surface area (TPSA) is 12.0 Å². The lowest BCUT2D eigenvalue weighted by molar-refractivity contribution is -0.870. The molecule has 56 valence electrons. The minimum absolute atomic E-state index is 0.900. The quantitative estimate of drug-likeness (QED) is 0.357. The minimum atomic E-state index is 0.900. The van der Waals surface area contributed by atoms with Crippen LogP contribution in [0.2, 0.25) is 0 Å². The molecular formula is C6H16ClN2+. The molecule has 0 bridgehead atoms. The maximum Gasteiger partial charge on any atom is 0.0793 e. The van der Waals surface area contributed by atoms with E-state index in [0.29, 0.717) is 0 Å². The molecule has 0 radical (unpaired) electrons. The molecule has 0 aromatic heterocycles. The van der Waals surface area contributed by atoms with Crippen molar-refractivity contribution < 1.29 is 4.48 Å². The fourth-order valence-electron chi connectivity index (χ4n) is 0.620. The van der Waals surface area contributed by atoms with E-state index in [2.05, 4.69) is 26.0 Å². The van der Waals surface area contributed by atoms with Crippen LogP contribution in [0.4, 0.5) is 0 Å². The van der Waals surface area contributed by atoms with Crippen molar-refractivity contribution in [2.75, 3.05) is 34.2 Å². The summed E-state index contributed by atoms with van der Waals surface area (Å²) in [4.78, 5) is 2.60. The summed E-state index contributed by atoms with van der Waals surface area (Å²) in [5.41, 5.74) is 0. The van der Waals surface area contributed by atoms with E-state index < -0.39 is 0 Å². The Morgan fingerprint density at radius 2 is 1.89 bits per heavy atom. The Kier molecular flexibility index (Phi) is 4.19. The highest BCUT2D eigenvalue weighted by Crippen LogP contribution is 1.91. The second-order valence-corrected chi connectivity index (χ2v) is 3.52. The van der Waals surface area contributed by atoms with Gasteiger partial charge in [0.25, 0.3) is 0 Å². The zero-order chi connectivity index (χ0) is 7.33. The zero-order valence-corrected chi connectivity index (χ0v) is 7.20. The number of halogens is 1. The van der Waals surface area contributed by atoms with Crippen LogP contribution in [0.3, 0.4) is 0 Å². The Morgan fingerprint density at radius 3 is 2.22 bits per heavy atom. The molecule has 0 atom stereocenters. The maximum absolute atomic E-state index is 5.27. The first-order valence-corrected chi connectivity index (χ1v) is 3.58. The van der Waals surface area contributed by atoms with Gasteiger partial charge in [-0.2, -0.15) is 0 Å². The molecule has 0 amide bonds. The number of quaternary nitrogens is 1. The summed E-state index contributed by atoms with van der Waals surface area (Å²) >= 11 is 5.27. The minimum Gasteiger partial charge on any atom is -0.331 e. The number of nitrogens with zero attached hydrogens (tertiary/aromatic N) is 1.